The summed E-state index contributed by atoms with van der Waals surface area (Å²) in [6.07, 6.45) is 1.60. The van der Waals surface area contributed by atoms with E-state index in [0.29, 0.717) is 23.6 Å². The number of pyridine rings is 1. The van der Waals surface area contributed by atoms with E-state index in [4.69, 9.17) is 4.42 Å². The molecule has 3 aromatic heterocycles. The summed E-state index contributed by atoms with van der Waals surface area (Å²) in [4.78, 5) is 24.3. The third kappa shape index (κ3) is 3.28. The molecule has 0 aliphatic carbocycles. The summed E-state index contributed by atoms with van der Waals surface area (Å²) >= 11 is 1.61. The molecule has 5 nitrogen and oxygen atoms in total. The van der Waals surface area contributed by atoms with Crippen molar-refractivity contribution in [3.8, 4) is 11.5 Å². The Hall–Kier alpha value is -3.51. The molecule has 0 spiro atoms. The first-order valence-corrected chi connectivity index (χ1v) is 10.0. The van der Waals surface area contributed by atoms with Crippen molar-refractivity contribution in [3.05, 3.63) is 83.6 Å². The van der Waals surface area contributed by atoms with E-state index in [0.717, 1.165) is 26.1 Å². The highest BCUT2D eigenvalue weighted by atomic mass is 32.1. The molecule has 0 aliphatic rings. The highest BCUT2D eigenvalue weighted by molar-refractivity contribution is 7.18. The fraction of sp³-hybridized carbons (Fsp3) is 0.0870. The lowest BCUT2D eigenvalue weighted by Crippen LogP contribution is -2.26. The van der Waals surface area contributed by atoms with Gasteiger partial charge in [0.05, 0.1) is 34.1 Å². The van der Waals surface area contributed by atoms with Crippen LogP contribution in [0.5, 0.6) is 0 Å². The zero-order valence-corrected chi connectivity index (χ0v) is 16.5. The normalized spacial score (nSPS) is 11.2. The number of benzene rings is 2. The number of hydrogen-bond acceptors (Lipinski definition) is 5. The van der Waals surface area contributed by atoms with Crippen molar-refractivity contribution < 1.29 is 9.21 Å². The van der Waals surface area contributed by atoms with Gasteiger partial charge < -0.3 is 9.32 Å². The number of amides is 1. The van der Waals surface area contributed by atoms with E-state index < -0.39 is 0 Å². The van der Waals surface area contributed by atoms with Crippen molar-refractivity contribution in [3.63, 3.8) is 0 Å². The van der Waals surface area contributed by atoms with E-state index in [1.165, 1.54) is 0 Å². The molecule has 0 unspecified atom stereocenters. The number of fused-ring (bicyclic) bond motifs is 2. The molecule has 0 saturated heterocycles. The summed E-state index contributed by atoms with van der Waals surface area (Å²) in [6.45, 7) is 0.449. The number of aromatic nitrogens is 2. The van der Waals surface area contributed by atoms with Crippen LogP contribution in [0.1, 0.15) is 15.4 Å². The molecule has 0 bridgehead atoms. The van der Waals surface area contributed by atoms with Crippen LogP contribution >= 0.6 is 11.3 Å². The van der Waals surface area contributed by atoms with Crippen molar-refractivity contribution in [1.82, 2.24) is 14.9 Å². The van der Waals surface area contributed by atoms with E-state index in [9.17, 15) is 4.79 Å². The van der Waals surface area contributed by atoms with Gasteiger partial charge in [0.25, 0.3) is 5.91 Å². The number of rotatable bonds is 4. The molecular formula is C23H17N3O2S. The van der Waals surface area contributed by atoms with Gasteiger partial charge in [0.15, 0.2) is 5.76 Å². The summed E-state index contributed by atoms with van der Waals surface area (Å²) in [5, 5.41) is 1.73. The molecule has 0 saturated carbocycles. The lowest BCUT2D eigenvalue weighted by molar-refractivity contribution is 0.0787. The molecule has 29 heavy (non-hydrogen) atoms. The molecule has 1 amide bonds. The number of carbonyl (C=O) groups excluding carboxylic acids is 1. The van der Waals surface area contributed by atoms with Crippen molar-refractivity contribution in [2.75, 3.05) is 7.05 Å². The van der Waals surface area contributed by atoms with Crippen LogP contribution in [0.4, 0.5) is 0 Å². The minimum absolute atomic E-state index is 0.0735. The minimum atomic E-state index is -0.0735. The van der Waals surface area contributed by atoms with Gasteiger partial charge in [0.2, 0.25) is 0 Å². The van der Waals surface area contributed by atoms with Crippen LogP contribution in [0.2, 0.25) is 0 Å². The Morgan fingerprint density at radius 3 is 2.59 bits per heavy atom. The Balaban J connectivity index is 1.52. The molecule has 5 rings (SSSR count). The number of para-hydroxylation sites is 2. The topological polar surface area (TPSA) is 59.2 Å². The fourth-order valence-electron chi connectivity index (χ4n) is 3.37. The lowest BCUT2D eigenvalue weighted by atomic mass is 10.1. The summed E-state index contributed by atoms with van der Waals surface area (Å²) < 4.78 is 6.62. The van der Waals surface area contributed by atoms with Gasteiger partial charge in [-0.1, -0.05) is 30.3 Å². The summed E-state index contributed by atoms with van der Waals surface area (Å²) in [6, 6.07) is 21.1. The third-order valence-corrected chi connectivity index (χ3v) is 5.80. The zero-order chi connectivity index (χ0) is 19.8. The average molecular weight is 399 g/mol. The smallest absolute Gasteiger partial charge is 0.254 e. The third-order valence-electron chi connectivity index (χ3n) is 4.78. The van der Waals surface area contributed by atoms with Gasteiger partial charge in [-0.2, -0.15) is 0 Å². The molecule has 0 atom stereocenters. The molecule has 6 heteroatoms. The van der Waals surface area contributed by atoms with Crippen LogP contribution in [0, 0.1) is 0 Å². The molecule has 5 aromatic rings. The molecule has 2 aromatic carbocycles. The standard InChI is InChI=1S/C23H17N3O2S/c1-26(14-22-25-18-9-4-5-11-21(18)29-22)23(27)16-13-19(20-10-6-12-28-20)24-17-8-3-2-7-15(16)17/h2-13H,14H2,1H3. The monoisotopic (exact) mass is 399 g/mol. The van der Waals surface area contributed by atoms with Crippen molar-refractivity contribution in [1.29, 1.82) is 0 Å². The Kier molecular flexibility index (Phi) is 4.33. The Labute approximate surface area is 171 Å². The molecular weight excluding hydrogens is 382 g/mol. The lowest BCUT2D eigenvalue weighted by Gasteiger charge is -2.17. The van der Waals surface area contributed by atoms with E-state index in [-0.39, 0.29) is 5.91 Å². The maximum absolute atomic E-state index is 13.3. The van der Waals surface area contributed by atoms with Crippen LogP contribution in [-0.2, 0) is 6.54 Å². The first kappa shape index (κ1) is 17.6. The summed E-state index contributed by atoms with van der Waals surface area (Å²) in [5.74, 6) is 0.564. The largest absolute Gasteiger partial charge is 0.463 e. The van der Waals surface area contributed by atoms with Crippen LogP contribution in [-0.4, -0.2) is 27.8 Å². The molecule has 3 heterocycles. The summed E-state index contributed by atoms with van der Waals surface area (Å²) in [7, 11) is 1.80. The number of carbonyl (C=O) groups is 1. The molecule has 0 radical (unpaired) electrons. The van der Waals surface area contributed by atoms with Gasteiger partial charge in [-0.15, -0.1) is 11.3 Å². The van der Waals surface area contributed by atoms with Crippen LogP contribution in [0.25, 0.3) is 32.6 Å². The molecule has 0 N–H and O–H groups in total. The van der Waals surface area contributed by atoms with Gasteiger partial charge >= 0.3 is 0 Å². The second kappa shape index (κ2) is 7.14. The molecule has 142 valence electrons. The zero-order valence-electron chi connectivity index (χ0n) is 15.7. The van der Waals surface area contributed by atoms with E-state index in [2.05, 4.69) is 9.97 Å². The summed E-state index contributed by atoms with van der Waals surface area (Å²) in [5.41, 5.74) is 2.97. The van der Waals surface area contributed by atoms with Crippen molar-refractivity contribution >= 4 is 38.4 Å². The molecule has 0 aliphatic heterocycles. The second-order valence-electron chi connectivity index (χ2n) is 6.79. The minimum Gasteiger partial charge on any atom is -0.463 e. The van der Waals surface area contributed by atoms with Gasteiger partial charge in [0.1, 0.15) is 10.7 Å². The fourth-order valence-corrected chi connectivity index (χ4v) is 4.39. The average Bonchev–Trinajstić information content (AvgIpc) is 3.42. The predicted molar refractivity (Wildman–Crippen MR) is 115 cm³/mol. The first-order chi connectivity index (χ1) is 14.2. The number of thiazole rings is 1. The van der Waals surface area contributed by atoms with Gasteiger partial charge in [-0.05, 0) is 36.4 Å². The number of hydrogen-bond donors (Lipinski definition) is 0. The second-order valence-corrected chi connectivity index (χ2v) is 7.90. The highest BCUT2D eigenvalue weighted by Crippen LogP contribution is 2.27. The van der Waals surface area contributed by atoms with E-state index >= 15 is 0 Å². The van der Waals surface area contributed by atoms with Crippen LogP contribution in [0.3, 0.4) is 0 Å². The first-order valence-electron chi connectivity index (χ1n) is 9.22. The van der Waals surface area contributed by atoms with Crippen LogP contribution < -0.4 is 0 Å². The van der Waals surface area contributed by atoms with Gasteiger partial charge in [0, 0.05) is 12.4 Å². The SMILES string of the molecule is CN(Cc1nc2ccccc2s1)C(=O)c1cc(-c2ccco2)nc2ccccc12. The predicted octanol–water partition coefficient (Wildman–Crippen LogP) is 5.38. The van der Waals surface area contributed by atoms with Crippen LogP contribution in [0.15, 0.2) is 77.4 Å². The Morgan fingerprint density at radius 2 is 1.79 bits per heavy atom. The van der Waals surface area contributed by atoms with Gasteiger partial charge in [-0.3, -0.25) is 4.79 Å². The maximum atomic E-state index is 13.3. The Morgan fingerprint density at radius 1 is 1.00 bits per heavy atom. The van der Waals surface area contributed by atoms with E-state index in [1.54, 1.807) is 35.6 Å². The van der Waals surface area contributed by atoms with Crippen molar-refractivity contribution in [2.45, 2.75) is 6.54 Å². The Bertz CT molecular complexity index is 1290. The number of nitrogens with zero attached hydrogens (tertiary/aromatic N) is 3. The number of furan rings is 1. The van der Waals surface area contributed by atoms with E-state index in [1.807, 2.05) is 60.7 Å². The van der Waals surface area contributed by atoms with Crippen molar-refractivity contribution in [2.24, 2.45) is 0 Å². The van der Waals surface area contributed by atoms with Gasteiger partial charge in [-0.25, -0.2) is 9.97 Å². The highest BCUT2D eigenvalue weighted by Gasteiger charge is 2.19. The molecule has 0 fully saturated rings. The quantitative estimate of drug-likeness (QED) is 0.407. The maximum Gasteiger partial charge on any atom is 0.254 e.